The van der Waals surface area contributed by atoms with Gasteiger partial charge in [-0.15, -0.1) is 0 Å². The Morgan fingerprint density at radius 2 is 1.64 bits per heavy atom. The van der Waals surface area contributed by atoms with E-state index in [1.165, 1.54) is 7.11 Å². The van der Waals surface area contributed by atoms with E-state index in [4.69, 9.17) is 9.47 Å². The molecule has 2 aromatic rings. The van der Waals surface area contributed by atoms with Gasteiger partial charge in [-0.25, -0.2) is 4.79 Å². The first-order valence-corrected chi connectivity index (χ1v) is 9.43. The molecule has 0 saturated heterocycles. The second-order valence-corrected chi connectivity index (χ2v) is 6.60. The minimum atomic E-state index is -0.567. The van der Waals surface area contributed by atoms with Crippen molar-refractivity contribution >= 4 is 23.4 Å². The zero-order valence-corrected chi connectivity index (χ0v) is 16.6. The maximum absolute atomic E-state index is 13.0. The molecule has 0 aliphatic carbocycles. The van der Waals surface area contributed by atoms with Crippen LogP contribution in [0.4, 0.5) is 16.2 Å². The Kier molecular flexibility index (Phi) is 8.49. The van der Waals surface area contributed by atoms with Crippen LogP contribution in [0.25, 0.3) is 0 Å². The highest BCUT2D eigenvalue weighted by Gasteiger charge is 2.25. The van der Waals surface area contributed by atoms with Gasteiger partial charge >= 0.3 is 6.09 Å². The lowest BCUT2D eigenvalue weighted by molar-refractivity contribution is -0.118. The molecule has 28 heavy (non-hydrogen) atoms. The van der Waals surface area contributed by atoms with Gasteiger partial charge < -0.3 is 14.8 Å². The topological polar surface area (TPSA) is 76.7 Å². The van der Waals surface area contributed by atoms with Crippen LogP contribution in [0.5, 0.6) is 0 Å². The van der Waals surface area contributed by atoms with Gasteiger partial charge in [0.25, 0.3) is 0 Å². The van der Waals surface area contributed by atoms with Gasteiger partial charge in [0, 0.05) is 18.5 Å². The Morgan fingerprint density at radius 3 is 2.29 bits per heavy atom. The third-order valence-electron chi connectivity index (χ3n) is 4.55. The molecule has 2 unspecified atom stereocenters. The van der Waals surface area contributed by atoms with E-state index in [-0.39, 0.29) is 24.3 Å². The number of rotatable bonds is 9. The molecule has 6 nitrogen and oxygen atoms in total. The number of ether oxygens (including phenoxy) is 2. The molecule has 0 spiro atoms. The van der Waals surface area contributed by atoms with Crippen LogP contribution in [0.1, 0.15) is 31.7 Å². The lowest BCUT2D eigenvalue weighted by Crippen LogP contribution is -2.26. The summed E-state index contributed by atoms with van der Waals surface area (Å²) < 4.78 is 9.83. The zero-order chi connectivity index (χ0) is 20.4. The highest BCUT2D eigenvalue weighted by atomic mass is 16.6. The van der Waals surface area contributed by atoms with Gasteiger partial charge in [-0.2, -0.15) is 0 Å². The molecule has 150 valence electrons. The highest BCUT2D eigenvalue weighted by molar-refractivity contribution is 5.97. The molecule has 0 heterocycles. The quantitative estimate of drug-likeness (QED) is 0.617. The average Bonchev–Trinajstić information content (AvgIpc) is 2.69. The minimum Gasteiger partial charge on any atom is -0.447 e. The summed E-state index contributed by atoms with van der Waals surface area (Å²) in [6.45, 7) is 4.66. The van der Waals surface area contributed by atoms with E-state index in [9.17, 15) is 9.59 Å². The molecule has 0 bridgehead atoms. The number of hydrogen-bond acceptors (Lipinski definition) is 4. The lowest BCUT2D eigenvalue weighted by Gasteiger charge is -2.23. The number of methoxy groups -OCH3 is 1. The first-order valence-electron chi connectivity index (χ1n) is 9.43. The monoisotopic (exact) mass is 384 g/mol. The zero-order valence-electron chi connectivity index (χ0n) is 16.6. The summed E-state index contributed by atoms with van der Waals surface area (Å²) >= 11 is 0. The van der Waals surface area contributed by atoms with Crippen LogP contribution in [0, 0.1) is 5.92 Å². The predicted octanol–water partition coefficient (Wildman–Crippen LogP) is 4.65. The van der Waals surface area contributed by atoms with Gasteiger partial charge in [0.15, 0.2) is 0 Å². The number of hydrogen-bond donors (Lipinski definition) is 2. The molecule has 0 aliphatic heterocycles. The predicted molar refractivity (Wildman–Crippen MR) is 111 cm³/mol. The summed E-state index contributed by atoms with van der Waals surface area (Å²) in [5.74, 6) is -0.123. The lowest BCUT2D eigenvalue weighted by atomic mass is 9.85. The molecule has 2 atom stereocenters. The fourth-order valence-corrected chi connectivity index (χ4v) is 2.90. The second-order valence-electron chi connectivity index (χ2n) is 6.60. The van der Waals surface area contributed by atoms with Crippen LogP contribution < -0.4 is 10.6 Å². The van der Waals surface area contributed by atoms with Crippen molar-refractivity contribution in [2.24, 2.45) is 5.92 Å². The molecule has 6 heteroatoms. The third kappa shape index (κ3) is 6.39. The van der Waals surface area contributed by atoms with Gasteiger partial charge in [-0.05, 0) is 29.7 Å². The van der Waals surface area contributed by atoms with E-state index >= 15 is 0 Å². The molecular weight excluding hydrogens is 356 g/mol. The van der Waals surface area contributed by atoms with E-state index in [0.717, 1.165) is 12.0 Å². The summed E-state index contributed by atoms with van der Waals surface area (Å²) in [6.07, 6.45) is 0.323. The van der Waals surface area contributed by atoms with Crippen molar-refractivity contribution in [3.8, 4) is 0 Å². The van der Waals surface area contributed by atoms with Crippen LogP contribution in [0.15, 0.2) is 54.6 Å². The van der Waals surface area contributed by atoms with Gasteiger partial charge in [-0.3, -0.25) is 10.1 Å². The number of carbonyl (C=O) groups is 2. The van der Waals surface area contributed by atoms with Crippen LogP contribution in [0.3, 0.4) is 0 Å². The maximum Gasteiger partial charge on any atom is 0.411 e. The van der Waals surface area contributed by atoms with Crippen molar-refractivity contribution in [3.05, 3.63) is 60.2 Å². The number of anilines is 2. The number of benzene rings is 2. The average molecular weight is 384 g/mol. The fourth-order valence-electron chi connectivity index (χ4n) is 2.90. The normalized spacial score (nSPS) is 12.7. The molecule has 0 fully saturated rings. The number of carbonyl (C=O) groups excluding carboxylic acids is 2. The van der Waals surface area contributed by atoms with Crippen molar-refractivity contribution in [3.63, 3.8) is 0 Å². The smallest absolute Gasteiger partial charge is 0.411 e. The van der Waals surface area contributed by atoms with E-state index in [1.54, 1.807) is 24.3 Å². The molecule has 2 rings (SSSR count). The third-order valence-corrected chi connectivity index (χ3v) is 4.55. The van der Waals surface area contributed by atoms with Crippen LogP contribution in [-0.4, -0.2) is 32.3 Å². The molecule has 2 N–H and O–H groups in total. The first kappa shape index (κ1) is 21.4. The molecule has 0 saturated carbocycles. The van der Waals surface area contributed by atoms with Crippen molar-refractivity contribution in [1.82, 2.24) is 0 Å². The van der Waals surface area contributed by atoms with Gasteiger partial charge in [0.2, 0.25) is 5.91 Å². The Bertz CT molecular complexity index is 764. The van der Waals surface area contributed by atoms with E-state index in [0.29, 0.717) is 18.0 Å². The molecule has 0 aromatic heterocycles. The van der Waals surface area contributed by atoms with E-state index in [2.05, 4.69) is 24.5 Å². The minimum absolute atomic E-state index is 0.0691. The SMILES string of the molecule is CCC(C)C(C(=O)Nc1cccc(NC(=O)OCCOC)c1)c1ccccc1. The fraction of sp³-hybridized carbons (Fsp3) is 0.364. The van der Waals surface area contributed by atoms with Gasteiger partial charge in [0.05, 0.1) is 12.5 Å². The van der Waals surface area contributed by atoms with E-state index < -0.39 is 6.09 Å². The maximum atomic E-state index is 13.0. The van der Waals surface area contributed by atoms with Crippen LogP contribution in [-0.2, 0) is 14.3 Å². The molecule has 2 amide bonds. The molecule has 0 radical (unpaired) electrons. The van der Waals surface area contributed by atoms with Crippen molar-refractivity contribution in [1.29, 1.82) is 0 Å². The summed E-state index contributed by atoms with van der Waals surface area (Å²) in [6, 6.07) is 16.8. The molecule has 2 aromatic carbocycles. The van der Waals surface area contributed by atoms with Crippen molar-refractivity contribution < 1.29 is 19.1 Å². The standard InChI is InChI=1S/C22H28N2O4/c1-4-16(2)20(17-9-6-5-7-10-17)21(25)23-18-11-8-12-19(15-18)24-22(26)28-14-13-27-3/h5-12,15-16,20H,4,13-14H2,1-3H3,(H,23,25)(H,24,26). The largest absolute Gasteiger partial charge is 0.447 e. The first-order chi connectivity index (χ1) is 13.5. The van der Waals surface area contributed by atoms with Crippen LogP contribution in [0.2, 0.25) is 0 Å². The Morgan fingerprint density at radius 1 is 0.964 bits per heavy atom. The highest BCUT2D eigenvalue weighted by Crippen LogP contribution is 2.29. The van der Waals surface area contributed by atoms with Crippen molar-refractivity contribution in [2.75, 3.05) is 31.0 Å². The Hall–Kier alpha value is -2.86. The molecular formula is C22H28N2O4. The Balaban J connectivity index is 2.07. The summed E-state index contributed by atoms with van der Waals surface area (Å²) in [5.41, 5.74) is 2.15. The number of amides is 2. The second kappa shape index (κ2) is 11.1. The van der Waals surface area contributed by atoms with Crippen LogP contribution >= 0.6 is 0 Å². The van der Waals surface area contributed by atoms with E-state index in [1.807, 2.05) is 30.3 Å². The molecule has 0 aliphatic rings. The number of nitrogens with one attached hydrogen (secondary N) is 2. The van der Waals surface area contributed by atoms with Crippen molar-refractivity contribution in [2.45, 2.75) is 26.2 Å². The summed E-state index contributed by atoms with van der Waals surface area (Å²) in [7, 11) is 1.54. The Labute approximate surface area is 166 Å². The van der Waals surface area contributed by atoms with Gasteiger partial charge in [0.1, 0.15) is 6.61 Å². The summed E-state index contributed by atoms with van der Waals surface area (Å²) in [4.78, 5) is 24.8. The summed E-state index contributed by atoms with van der Waals surface area (Å²) in [5, 5.41) is 5.61. The van der Waals surface area contributed by atoms with Gasteiger partial charge in [-0.1, -0.05) is 56.7 Å².